The Morgan fingerprint density at radius 1 is 1.12 bits per heavy atom. The summed E-state index contributed by atoms with van der Waals surface area (Å²) in [5.74, 6) is 0.247. The van der Waals surface area contributed by atoms with Gasteiger partial charge in [-0.25, -0.2) is 9.50 Å². The quantitative estimate of drug-likeness (QED) is 0.351. The highest BCUT2D eigenvalue weighted by molar-refractivity contribution is 5.83. The molecular weight excluding hydrogens is 410 g/mol. The third-order valence-corrected chi connectivity index (χ3v) is 4.76. The van der Waals surface area contributed by atoms with Crippen molar-refractivity contribution in [1.29, 1.82) is 0 Å². The maximum Gasteiger partial charge on any atom is 0.238 e. The monoisotopic (exact) mass is 451 g/mol. The number of anilines is 1. The number of fused-ring (bicyclic) bond motifs is 1. The SMILES string of the molecule is C=C.CC(C)=Nc1ccc(-c2ccn3nc(N)ncc23)nc1C.CCC.NC1CCCCC1. The van der Waals surface area contributed by atoms with Crippen molar-refractivity contribution < 1.29 is 0 Å². The zero-order valence-corrected chi connectivity index (χ0v) is 21.0. The van der Waals surface area contributed by atoms with Crippen LogP contribution in [0.4, 0.5) is 11.6 Å². The van der Waals surface area contributed by atoms with Crippen molar-refractivity contribution in [3.8, 4) is 11.3 Å². The highest BCUT2D eigenvalue weighted by atomic mass is 15.3. The fraction of sp³-hybridized carbons (Fsp3) is 0.462. The average Bonchev–Trinajstić information content (AvgIpc) is 3.21. The number of aromatic nitrogens is 4. The van der Waals surface area contributed by atoms with Crippen LogP contribution in [-0.4, -0.2) is 31.3 Å². The van der Waals surface area contributed by atoms with Crippen LogP contribution in [0.1, 0.15) is 71.9 Å². The van der Waals surface area contributed by atoms with E-state index in [1.807, 2.05) is 45.2 Å². The summed E-state index contributed by atoms with van der Waals surface area (Å²) in [7, 11) is 0. The maximum absolute atomic E-state index is 5.63. The second kappa shape index (κ2) is 14.9. The lowest BCUT2D eigenvalue weighted by molar-refractivity contribution is 0.441. The molecule has 3 aromatic heterocycles. The molecule has 4 rings (SSSR count). The van der Waals surface area contributed by atoms with Gasteiger partial charge in [0.25, 0.3) is 0 Å². The molecule has 7 heteroatoms. The summed E-state index contributed by atoms with van der Waals surface area (Å²) in [5, 5.41) is 4.13. The number of hydrogen-bond acceptors (Lipinski definition) is 6. The highest BCUT2D eigenvalue weighted by Gasteiger charge is 2.10. The van der Waals surface area contributed by atoms with Gasteiger partial charge in [-0.2, -0.15) is 0 Å². The number of nitrogen functional groups attached to an aromatic ring is 1. The molecule has 0 radical (unpaired) electrons. The molecule has 4 N–H and O–H groups in total. The molecule has 0 aliphatic heterocycles. The van der Waals surface area contributed by atoms with Gasteiger partial charge in [0.2, 0.25) is 5.95 Å². The molecule has 1 aliphatic carbocycles. The third-order valence-electron chi connectivity index (χ3n) is 4.76. The number of aryl methyl sites for hydroxylation is 1. The summed E-state index contributed by atoms with van der Waals surface area (Å²) in [6.45, 7) is 16.1. The minimum Gasteiger partial charge on any atom is -0.367 e. The van der Waals surface area contributed by atoms with Crippen LogP contribution in [-0.2, 0) is 0 Å². The molecule has 3 aromatic rings. The zero-order valence-electron chi connectivity index (χ0n) is 21.0. The van der Waals surface area contributed by atoms with Crippen LogP contribution in [0.3, 0.4) is 0 Å². The van der Waals surface area contributed by atoms with Gasteiger partial charge in [-0.3, -0.25) is 9.98 Å². The fourth-order valence-electron chi connectivity index (χ4n) is 3.33. The fourth-order valence-corrected chi connectivity index (χ4v) is 3.33. The van der Waals surface area contributed by atoms with Crippen molar-refractivity contribution in [3.05, 3.63) is 49.4 Å². The summed E-state index contributed by atoms with van der Waals surface area (Å²) in [5.41, 5.74) is 16.7. The van der Waals surface area contributed by atoms with Crippen molar-refractivity contribution in [3.63, 3.8) is 0 Å². The van der Waals surface area contributed by atoms with Crippen LogP contribution in [0.2, 0.25) is 0 Å². The standard InChI is InChI=1S/C15H16N6.C6H13N.C3H8.C2H4/c1-9(2)18-12-4-5-13(19-10(12)3)11-6-7-21-14(11)8-17-15(16)20-21;7-6-4-2-1-3-5-6;1-3-2;1-2/h4-8H,1-3H3,(H2,16,20);6H,1-5,7H2;3H2,1-2H3;1-2H2. The summed E-state index contributed by atoms with van der Waals surface area (Å²) < 4.78 is 1.71. The Kier molecular flexibility index (Phi) is 12.6. The van der Waals surface area contributed by atoms with E-state index in [1.165, 1.54) is 38.5 Å². The van der Waals surface area contributed by atoms with Gasteiger partial charge in [0, 0.05) is 23.5 Å². The van der Waals surface area contributed by atoms with E-state index in [1.54, 1.807) is 10.7 Å². The lowest BCUT2D eigenvalue weighted by atomic mass is 9.97. The first-order chi connectivity index (χ1) is 15.8. The molecule has 0 amide bonds. The second-order valence-corrected chi connectivity index (χ2v) is 8.14. The van der Waals surface area contributed by atoms with E-state index >= 15 is 0 Å². The number of pyridine rings is 1. The number of aliphatic imine (C=N–C) groups is 1. The van der Waals surface area contributed by atoms with Gasteiger partial charge in [0.15, 0.2) is 0 Å². The molecule has 1 fully saturated rings. The minimum absolute atomic E-state index is 0.247. The van der Waals surface area contributed by atoms with Crippen LogP contribution >= 0.6 is 0 Å². The summed E-state index contributed by atoms with van der Waals surface area (Å²) in [6.07, 6.45) is 11.5. The molecule has 0 bridgehead atoms. The van der Waals surface area contributed by atoms with Gasteiger partial charge in [-0.1, -0.05) is 39.5 Å². The Morgan fingerprint density at radius 2 is 1.76 bits per heavy atom. The summed E-state index contributed by atoms with van der Waals surface area (Å²) in [4.78, 5) is 13.1. The normalized spacial score (nSPS) is 12.9. The average molecular weight is 452 g/mol. The molecule has 0 saturated heterocycles. The predicted molar refractivity (Wildman–Crippen MR) is 142 cm³/mol. The van der Waals surface area contributed by atoms with E-state index in [0.29, 0.717) is 6.04 Å². The Balaban J connectivity index is 0.000000377. The third kappa shape index (κ3) is 9.14. The molecule has 33 heavy (non-hydrogen) atoms. The molecule has 0 spiro atoms. The van der Waals surface area contributed by atoms with E-state index in [2.05, 4.69) is 47.1 Å². The number of hydrogen-bond donors (Lipinski definition) is 2. The molecule has 180 valence electrons. The zero-order chi connectivity index (χ0) is 24.8. The topological polar surface area (TPSA) is 107 Å². The first kappa shape index (κ1) is 28.0. The minimum atomic E-state index is 0.247. The van der Waals surface area contributed by atoms with Gasteiger partial charge >= 0.3 is 0 Å². The molecule has 1 saturated carbocycles. The smallest absolute Gasteiger partial charge is 0.238 e. The van der Waals surface area contributed by atoms with E-state index in [9.17, 15) is 0 Å². The van der Waals surface area contributed by atoms with Crippen molar-refractivity contribution in [1.82, 2.24) is 19.6 Å². The van der Waals surface area contributed by atoms with Crippen molar-refractivity contribution in [2.45, 2.75) is 79.2 Å². The number of nitrogens with zero attached hydrogens (tertiary/aromatic N) is 5. The van der Waals surface area contributed by atoms with Gasteiger partial charge < -0.3 is 11.5 Å². The molecule has 3 heterocycles. The Morgan fingerprint density at radius 3 is 2.27 bits per heavy atom. The number of rotatable bonds is 2. The van der Waals surface area contributed by atoms with Gasteiger partial charge in [-0.05, 0) is 51.8 Å². The van der Waals surface area contributed by atoms with Crippen LogP contribution in [0.15, 0.2) is 48.7 Å². The second-order valence-electron chi connectivity index (χ2n) is 8.14. The van der Waals surface area contributed by atoms with Gasteiger partial charge in [0.05, 0.1) is 28.8 Å². The Labute approximate surface area is 199 Å². The van der Waals surface area contributed by atoms with Crippen LogP contribution in [0, 0.1) is 6.92 Å². The van der Waals surface area contributed by atoms with Crippen molar-refractivity contribution >= 4 is 22.9 Å². The summed E-state index contributed by atoms with van der Waals surface area (Å²) in [6, 6.07) is 6.43. The lowest BCUT2D eigenvalue weighted by Crippen LogP contribution is -2.22. The first-order valence-electron chi connectivity index (χ1n) is 11.7. The van der Waals surface area contributed by atoms with E-state index in [4.69, 9.17) is 11.5 Å². The molecule has 1 aliphatic rings. The largest absolute Gasteiger partial charge is 0.367 e. The first-order valence-corrected chi connectivity index (χ1v) is 11.7. The van der Waals surface area contributed by atoms with E-state index < -0.39 is 0 Å². The van der Waals surface area contributed by atoms with E-state index in [-0.39, 0.29) is 5.95 Å². The molecule has 0 aromatic carbocycles. The summed E-state index contributed by atoms with van der Waals surface area (Å²) >= 11 is 0. The molecule has 7 nitrogen and oxygen atoms in total. The highest BCUT2D eigenvalue weighted by Crippen LogP contribution is 2.27. The van der Waals surface area contributed by atoms with Crippen LogP contribution in [0.5, 0.6) is 0 Å². The van der Waals surface area contributed by atoms with Crippen molar-refractivity contribution in [2.24, 2.45) is 10.7 Å². The van der Waals surface area contributed by atoms with E-state index in [0.717, 1.165) is 33.9 Å². The molecule has 0 atom stereocenters. The lowest BCUT2D eigenvalue weighted by Gasteiger charge is -2.15. The number of nitrogens with two attached hydrogens (primary N) is 2. The molecule has 0 unspecified atom stereocenters. The Hall–Kier alpha value is -3.06. The molecular formula is C26H41N7. The van der Waals surface area contributed by atoms with Crippen LogP contribution in [0.25, 0.3) is 16.8 Å². The Bertz CT molecular complexity index is 997. The van der Waals surface area contributed by atoms with Gasteiger partial charge in [-0.15, -0.1) is 18.3 Å². The van der Waals surface area contributed by atoms with Gasteiger partial charge in [0.1, 0.15) is 0 Å². The predicted octanol–water partition coefficient (Wildman–Crippen LogP) is 6.29. The van der Waals surface area contributed by atoms with Crippen LogP contribution < -0.4 is 11.5 Å². The maximum atomic E-state index is 5.63. The van der Waals surface area contributed by atoms with Crippen molar-refractivity contribution in [2.75, 3.05) is 5.73 Å².